The lowest BCUT2D eigenvalue weighted by Crippen LogP contribution is -2.39. The van der Waals surface area contributed by atoms with Crippen molar-refractivity contribution in [2.24, 2.45) is 0 Å². The van der Waals surface area contributed by atoms with Crippen LogP contribution in [-0.2, 0) is 16.1 Å². The first-order valence-corrected chi connectivity index (χ1v) is 6.15. The van der Waals surface area contributed by atoms with Crippen LogP contribution in [0.3, 0.4) is 0 Å². The number of likely N-dealkylation sites (N-methyl/N-ethyl adjacent to an activating group) is 1. The molecule has 8 heteroatoms. The zero-order valence-electron chi connectivity index (χ0n) is 10.2. The second-order valence-electron chi connectivity index (χ2n) is 3.43. The number of carbonyl (C=O) groups excluding carboxylic acids is 2. The maximum atomic E-state index is 11.8. The standard InChI is InChI=1S/C10H15BrN4O3/c1-3-15(6-8-12-4-7(11)14-8)9(16)5-13-10(17)18-2/h4H,3,5-6H2,1-2H3,(H,12,14)(H,13,17). The van der Waals surface area contributed by atoms with E-state index in [1.165, 1.54) is 7.11 Å². The molecule has 1 rings (SSSR count). The van der Waals surface area contributed by atoms with Gasteiger partial charge in [-0.2, -0.15) is 0 Å². The minimum Gasteiger partial charge on any atom is -0.453 e. The van der Waals surface area contributed by atoms with Gasteiger partial charge in [0.15, 0.2) is 0 Å². The molecule has 18 heavy (non-hydrogen) atoms. The number of carbonyl (C=O) groups is 2. The smallest absolute Gasteiger partial charge is 0.407 e. The van der Waals surface area contributed by atoms with Crippen molar-refractivity contribution in [1.82, 2.24) is 20.2 Å². The minimum absolute atomic E-state index is 0.0948. The van der Waals surface area contributed by atoms with Gasteiger partial charge in [0.1, 0.15) is 17.0 Å². The van der Waals surface area contributed by atoms with Gasteiger partial charge in [-0.05, 0) is 22.9 Å². The molecule has 0 bridgehead atoms. The van der Waals surface area contributed by atoms with Gasteiger partial charge in [-0.1, -0.05) is 0 Å². The lowest BCUT2D eigenvalue weighted by Gasteiger charge is -2.19. The Hall–Kier alpha value is -1.57. The topological polar surface area (TPSA) is 87.3 Å². The molecule has 1 aromatic heterocycles. The van der Waals surface area contributed by atoms with Crippen LogP contribution in [0.1, 0.15) is 12.7 Å². The molecule has 0 saturated carbocycles. The Labute approximate surface area is 113 Å². The fourth-order valence-electron chi connectivity index (χ4n) is 1.31. The summed E-state index contributed by atoms with van der Waals surface area (Å²) in [6.07, 6.45) is 1.00. The average Bonchev–Trinajstić information content (AvgIpc) is 2.78. The van der Waals surface area contributed by atoms with Crippen molar-refractivity contribution in [3.63, 3.8) is 0 Å². The third-order valence-electron chi connectivity index (χ3n) is 2.24. The van der Waals surface area contributed by atoms with E-state index >= 15 is 0 Å². The van der Waals surface area contributed by atoms with E-state index in [9.17, 15) is 9.59 Å². The zero-order valence-corrected chi connectivity index (χ0v) is 11.8. The molecule has 2 amide bonds. The predicted octanol–water partition coefficient (Wildman–Crippen LogP) is 0.877. The van der Waals surface area contributed by atoms with Crippen molar-refractivity contribution in [1.29, 1.82) is 0 Å². The number of halogens is 1. The fraction of sp³-hybridized carbons (Fsp3) is 0.500. The van der Waals surface area contributed by atoms with Gasteiger partial charge >= 0.3 is 6.09 Å². The van der Waals surface area contributed by atoms with E-state index in [4.69, 9.17) is 0 Å². The van der Waals surface area contributed by atoms with Crippen LogP contribution in [0.5, 0.6) is 0 Å². The Morgan fingerprint density at radius 1 is 1.61 bits per heavy atom. The number of imidazole rings is 1. The fourth-order valence-corrected chi connectivity index (χ4v) is 1.64. The van der Waals surface area contributed by atoms with Crippen LogP contribution in [-0.4, -0.2) is 47.1 Å². The molecule has 7 nitrogen and oxygen atoms in total. The summed E-state index contributed by atoms with van der Waals surface area (Å²) >= 11 is 3.25. The molecule has 0 fully saturated rings. The molecule has 0 aromatic carbocycles. The maximum absolute atomic E-state index is 11.8. The number of hydrogen-bond donors (Lipinski definition) is 2. The first-order chi connectivity index (χ1) is 8.56. The molecule has 0 spiro atoms. The first kappa shape index (κ1) is 14.5. The molecule has 0 aliphatic carbocycles. The largest absolute Gasteiger partial charge is 0.453 e. The molecule has 0 unspecified atom stereocenters. The van der Waals surface area contributed by atoms with E-state index in [0.717, 1.165) is 4.60 Å². The van der Waals surface area contributed by atoms with E-state index < -0.39 is 6.09 Å². The van der Waals surface area contributed by atoms with Crippen LogP contribution in [0, 0.1) is 0 Å². The van der Waals surface area contributed by atoms with Gasteiger partial charge in [0.05, 0.1) is 19.9 Å². The minimum atomic E-state index is -0.625. The summed E-state index contributed by atoms with van der Waals surface area (Å²) in [7, 11) is 1.25. The Kier molecular flexibility index (Phi) is 5.63. The van der Waals surface area contributed by atoms with Gasteiger partial charge in [0.25, 0.3) is 0 Å². The molecule has 100 valence electrons. The summed E-state index contributed by atoms with van der Waals surface area (Å²) in [4.78, 5) is 31.3. The lowest BCUT2D eigenvalue weighted by atomic mass is 10.4. The van der Waals surface area contributed by atoms with Gasteiger partial charge < -0.3 is 19.9 Å². The summed E-state index contributed by atoms with van der Waals surface area (Å²) in [6.45, 7) is 2.65. The van der Waals surface area contributed by atoms with Gasteiger partial charge in [-0.3, -0.25) is 4.79 Å². The van der Waals surface area contributed by atoms with Gasteiger partial charge in [-0.25, -0.2) is 9.78 Å². The number of nitrogens with zero attached hydrogens (tertiary/aromatic N) is 2. The highest BCUT2D eigenvalue weighted by molar-refractivity contribution is 9.10. The molecule has 0 aliphatic heterocycles. The molecular formula is C10H15BrN4O3. The van der Waals surface area contributed by atoms with Gasteiger partial charge in [0, 0.05) is 6.54 Å². The average molecular weight is 319 g/mol. The SMILES string of the molecule is CCN(Cc1ncc(Br)[nH]1)C(=O)CNC(=O)OC. The molecule has 0 saturated heterocycles. The number of amides is 2. The molecular weight excluding hydrogens is 304 g/mol. The Bertz CT molecular complexity index is 421. The second-order valence-corrected chi connectivity index (χ2v) is 4.29. The number of aromatic amines is 1. The van der Waals surface area contributed by atoms with E-state index in [1.54, 1.807) is 11.1 Å². The molecule has 1 aromatic rings. The van der Waals surface area contributed by atoms with Crippen molar-refractivity contribution in [3.8, 4) is 0 Å². The number of alkyl carbamates (subject to hydrolysis) is 1. The lowest BCUT2D eigenvalue weighted by molar-refractivity contribution is -0.130. The van der Waals surface area contributed by atoms with Crippen molar-refractivity contribution in [2.45, 2.75) is 13.5 Å². The summed E-state index contributed by atoms with van der Waals surface area (Å²) in [5.74, 6) is 0.477. The van der Waals surface area contributed by atoms with Crippen molar-refractivity contribution in [3.05, 3.63) is 16.6 Å². The number of rotatable bonds is 5. The van der Waals surface area contributed by atoms with Gasteiger partial charge in [0.2, 0.25) is 5.91 Å². The highest BCUT2D eigenvalue weighted by atomic mass is 79.9. The third-order valence-corrected chi connectivity index (χ3v) is 2.64. The normalized spacial score (nSPS) is 9.94. The van der Waals surface area contributed by atoms with Crippen molar-refractivity contribution < 1.29 is 14.3 Å². The highest BCUT2D eigenvalue weighted by Gasteiger charge is 2.14. The summed E-state index contributed by atoms with van der Waals surface area (Å²) in [6, 6.07) is 0. The van der Waals surface area contributed by atoms with Crippen LogP contribution in [0.25, 0.3) is 0 Å². The van der Waals surface area contributed by atoms with E-state index in [1.807, 2.05) is 6.92 Å². The highest BCUT2D eigenvalue weighted by Crippen LogP contribution is 2.07. The number of nitrogens with one attached hydrogen (secondary N) is 2. The number of aromatic nitrogens is 2. The second kappa shape index (κ2) is 7.00. The summed E-state index contributed by atoms with van der Waals surface area (Å²) in [5.41, 5.74) is 0. The van der Waals surface area contributed by atoms with E-state index in [0.29, 0.717) is 18.9 Å². The number of ether oxygens (including phenoxy) is 1. The van der Waals surface area contributed by atoms with Crippen LogP contribution < -0.4 is 5.32 Å². The summed E-state index contributed by atoms with van der Waals surface area (Å²) < 4.78 is 5.15. The number of hydrogen-bond acceptors (Lipinski definition) is 4. The van der Waals surface area contributed by atoms with Gasteiger partial charge in [-0.15, -0.1) is 0 Å². The monoisotopic (exact) mass is 318 g/mol. The van der Waals surface area contributed by atoms with Crippen LogP contribution in [0.4, 0.5) is 4.79 Å². The number of H-pyrrole nitrogens is 1. The van der Waals surface area contributed by atoms with Crippen molar-refractivity contribution in [2.75, 3.05) is 20.2 Å². The van der Waals surface area contributed by atoms with Crippen LogP contribution in [0.2, 0.25) is 0 Å². The Morgan fingerprint density at radius 2 is 2.33 bits per heavy atom. The van der Waals surface area contributed by atoms with E-state index in [2.05, 4.69) is 36.0 Å². The Morgan fingerprint density at radius 3 is 2.83 bits per heavy atom. The Balaban J connectivity index is 2.49. The molecule has 1 heterocycles. The van der Waals surface area contributed by atoms with Crippen LogP contribution >= 0.6 is 15.9 Å². The molecule has 2 N–H and O–H groups in total. The summed E-state index contributed by atoms with van der Waals surface area (Å²) in [5, 5.41) is 2.35. The third kappa shape index (κ3) is 4.36. The van der Waals surface area contributed by atoms with E-state index in [-0.39, 0.29) is 12.5 Å². The zero-order chi connectivity index (χ0) is 13.5. The molecule has 0 radical (unpaired) electrons. The first-order valence-electron chi connectivity index (χ1n) is 5.35. The quantitative estimate of drug-likeness (QED) is 0.843. The predicted molar refractivity (Wildman–Crippen MR) is 67.8 cm³/mol. The number of methoxy groups -OCH3 is 1. The molecule has 0 atom stereocenters. The van der Waals surface area contributed by atoms with Crippen LogP contribution in [0.15, 0.2) is 10.8 Å². The molecule has 0 aliphatic rings. The maximum Gasteiger partial charge on any atom is 0.407 e. The van der Waals surface area contributed by atoms with Crippen molar-refractivity contribution >= 4 is 27.9 Å².